The van der Waals surface area contributed by atoms with Crippen LogP contribution in [0.1, 0.15) is 12.5 Å². The Labute approximate surface area is 116 Å². The summed E-state index contributed by atoms with van der Waals surface area (Å²) >= 11 is 0. The van der Waals surface area contributed by atoms with E-state index in [-0.39, 0.29) is 29.5 Å². The van der Waals surface area contributed by atoms with Crippen molar-refractivity contribution >= 4 is 12.0 Å². The lowest BCUT2D eigenvalue weighted by Gasteiger charge is -2.17. The van der Waals surface area contributed by atoms with Crippen LogP contribution in [0.3, 0.4) is 0 Å². The predicted octanol–water partition coefficient (Wildman–Crippen LogP) is 2.00. The van der Waals surface area contributed by atoms with Gasteiger partial charge in [0.05, 0.1) is 32.3 Å². The number of nitrogens with zero attached hydrogens (tertiary/aromatic N) is 1. The third-order valence-corrected chi connectivity index (χ3v) is 2.86. The second-order valence-corrected chi connectivity index (χ2v) is 4.22. The van der Waals surface area contributed by atoms with Gasteiger partial charge in [-0.1, -0.05) is 6.92 Å². The molecular weight excluding hydrogens is 266 g/mol. The summed E-state index contributed by atoms with van der Waals surface area (Å²) in [6.45, 7) is 1.71. The Morgan fingerprint density at radius 2 is 1.85 bits per heavy atom. The highest BCUT2D eigenvalue weighted by molar-refractivity contribution is 5.66. The van der Waals surface area contributed by atoms with Crippen LogP contribution in [-0.2, 0) is 11.2 Å². The Morgan fingerprint density at radius 1 is 1.25 bits per heavy atom. The number of ether oxygens (including phenoxy) is 3. The van der Waals surface area contributed by atoms with Crippen molar-refractivity contribution < 1.29 is 23.9 Å². The van der Waals surface area contributed by atoms with E-state index in [9.17, 15) is 14.9 Å². The fourth-order valence-electron chi connectivity index (χ4n) is 1.96. The highest BCUT2D eigenvalue weighted by Gasteiger charge is 2.27. The Balaban J connectivity index is 3.58. The van der Waals surface area contributed by atoms with E-state index in [0.717, 1.165) is 6.29 Å². The molecule has 0 bridgehead atoms. The molecule has 0 heterocycles. The zero-order valence-corrected chi connectivity index (χ0v) is 11.8. The van der Waals surface area contributed by atoms with Crippen molar-refractivity contribution in [2.24, 2.45) is 5.92 Å². The van der Waals surface area contributed by atoms with Crippen LogP contribution in [0.25, 0.3) is 0 Å². The second-order valence-electron chi connectivity index (χ2n) is 4.22. The minimum absolute atomic E-state index is 0.0846. The molecule has 1 atom stereocenters. The van der Waals surface area contributed by atoms with E-state index in [0.29, 0.717) is 11.3 Å². The Kier molecular flexibility index (Phi) is 5.31. The largest absolute Gasteiger partial charge is 0.493 e. The maximum atomic E-state index is 11.1. The fraction of sp³-hybridized carbons (Fsp3) is 0.462. The second kappa shape index (κ2) is 6.74. The summed E-state index contributed by atoms with van der Waals surface area (Å²) in [5.41, 5.74) is 0.221. The van der Waals surface area contributed by atoms with Crippen LogP contribution in [0, 0.1) is 16.0 Å². The average molecular weight is 283 g/mol. The molecule has 0 spiro atoms. The zero-order valence-electron chi connectivity index (χ0n) is 11.8. The van der Waals surface area contributed by atoms with Gasteiger partial charge in [0.25, 0.3) is 0 Å². The molecule has 0 aliphatic heterocycles. The lowest BCUT2D eigenvalue weighted by Crippen LogP contribution is -2.08. The number of hydrogen-bond acceptors (Lipinski definition) is 6. The first-order chi connectivity index (χ1) is 9.49. The topological polar surface area (TPSA) is 87.9 Å². The smallest absolute Gasteiger partial charge is 0.315 e. The highest BCUT2D eigenvalue weighted by Crippen LogP contribution is 2.44. The predicted molar refractivity (Wildman–Crippen MR) is 71.7 cm³/mol. The highest BCUT2D eigenvalue weighted by atomic mass is 16.6. The van der Waals surface area contributed by atoms with E-state index in [2.05, 4.69) is 0 Å². The molecule has 110 valence electrons. The quantitative estimate of drug-likeness (QED) is 0.432. The molecule has 0 saturated heterocycles. The van der Waals surface area contributed by atoms with E-state index in [1.807, 2.05) is 0 Å². The van der Waals surface area contributed by atoms with Crippen LogP contribution in [0.15, 0.2) is 6.07 Å². The lowest BCUT2D eigenvalue weighted by atomic mass is 9.99. The molecule has 1 rings (SSSR count). The number of nitro groups is 1. The van der Waals surface area contributed by atoms with E-state index in [1.54, 1.807) is 6.92 Å². The third-order valence-electron chi connectivity index (χ3n) is 2.86. The maximum Gasteiger partial charge on any atom is 0.315 e. The molecular formula is C13H17NO6. The van der Waals surface area contributed by atoms with Crippen molar-refractivity contribution in [3.8, 4) is 17.2 Å². The number of aldehydes is 1. The standard InChI is InChI=1S/C13H17NO6/c1-8(7-15)5-9-12(19-3)10(14(16)17)6-11(18-2)13(9)20-4/h6-8H,5H2,1-4H3/t8-/m1/s1. The van der Waals surface area contributed by atoms with Gasteiger partial charge in [-0.3, -0.25) is 10.1 Å². The molecule has 1 aromatic rings. The Bertz CT molecular complexity index is 514. The van der Waals surface area contributed by atoms with Crippen LogP contribution in [-0.4, -0.2) is 32.5 Å². The molecule has 0 N–H and O–H groups in total. The maximum absolute atomic E-state index is 11.1. The lowest BCUT2D eigenvalue weighted by molar-refractivity contribution is -0.385. The summed E-state index contributed by atoms with van der Waals surface area (Å²) in [7, 11) is 4.16. The van der Waals surface area contributed by atoms with Crippen LogP contribution in [0.2, 0.25) is 0 Å². The monoisotopic (exact) mass is 283 g/mol. The molecule has 0 saturated carbocycles. The van der Waals surface area contributed by atoms with Gasteiger partial charge in [0.1, 0.15) is 6.29 Å². The summed E-state index contributed by atoms with van der Waals surface area (Å²) in [4.78, 5) is 21.4. The van der Waals surface area contributed by atoms with Gasteiger partial charge < -0.3 is 19.0 Å². The number of methoxy groups -OCH3 is 3. The molecule has 0 fully saturated rings. The summed E-state index contributed by atoms with van der Waals surface area (Å²) in [5.74, 6) is 0.322. The number of benzene rings is 1. The minimum atomic E-state index is -0.560. The molecule has 7 nitrogen and oxygen atoms in total. The van der Waals surface area contributed by atoms with Crippen molar-refractivity contribution in [3.05, 3.63) is 21.7 Å². The van der Waals surface area contributed by atoms with Gasteiger partial charge in [-0.05, 0) is 6.42 Å². The summed E-state index contributed by atoms with van der Waals surface area (Å²) in [6, 6.07) is 1.24. The third kappa shape index (κ3) is 2.98. The first-order valence-electron chi connectivity index (χ1n) is 5.91. The van der Waals surface area contributed by atoms with Gasteiger partial charge in [0.15, 0.2) is 11.5 Å². The summed E-state index contributed by atoms with van der Waals surface area (Å²) in [5, 5.41) is 11.1. The van der Waals surface area contributed by atoms with Crippen molar-refractivity contribution in [1.82, 2.24) is 0 Å². The molecule has 7 heteroatoms. The van der Waals surface area contributed by atoms with Crippen LogP contribution >= 0.6 is 0 Å². The summed E-state index contributed by atoms with van der Waals surface area (Å²) in [6.07, 6.45) is 1.03. The van der Waals surface area contributed by atoms with E-state index in [4.69, 9.17) is 14.2 Å². The number of carbonyl (C=O) groups is 1. The van der Waals surface area contributed by atoms with Crippen LogP contribution in [0.4, 0.5) is 5.69 Å². The number of rotatable bonds is 7. The van der Waals surface area contributed by atoms with Crippen molar-refractivity contribution in [2.45, 2.75) is 13.3 Å². The van der Waals surface area contributed by atoms with Gasteiger partial charge >= 0.3 is 5.69 Å². The number of hydrogen-bond donors (Lipinski definition) is 0. The number of nitro benzene ring substituents is 1. The zero-order chi connectivity index (χ0) is 15.3. The minimum Gasteiger partial charge on any atom is -0.493 e. The molecule has 0 amide bonds. The molecule has 0 aromatic heterocycles. The van der Waals surface area contributed by atoms with E-state index >= 15 is 0 Å². The molecule has 20 heavy (non-hydrogen) atoms. The molecule has 0 aliphatic rings. The first kappa shape index (κ1) is 15.7. The van der Waals surface area contributed by atoms with Crippen LogP contribution < -0.4 is 14.2 Å². The van der Waals surface area contributed by atoms with Crippen LogP contribution in [0.5, 0.6) is 17.2 Å². The summed E-state index contributed by atoms with van der Waals surface area (Å²) < 4.78 is 15.5. The van der Waals surface area contributed by atoms with E-state index in [1.165, 1.54) is 27.4 Å². The fourth-order valence-corrected chi connectivity index (χ4v) is 1.96. The van der Waals surface area contributed by atoms with Gasteiger partial charge in [0, 0.05) is 11.5 Å². The Hall–Kier alpha value is -2.31. The number of carbonyl (C=O) groups excluding carboxylic acids is 1. The van der Waals surface area contributed by atoms with Crippen molar-refractivity contribution in [3.63, 3.8) is 0 Å². The Morgan fingerprint density at radius 3 is 2.25 bits per heavy atom. The van der Waals surface area contributed by atoms with Gasteiger partial charge in [-0.15, -0.1) is 0 Å². The van der Waals surface area contributed by atoms with Gasteiger partial charge in [-0.25, -0.2) is 0 Å². The van der Waals surface area contributed by atoms with Gasteiger partial charge in [0.2, 0.25) is 5.75 Å². The molecule has 0 aliphatic carbocycles. The molecule has 1 aromatic carbocycles. The molecule has 0 radical (unpaired) electrons. The normalized spacial score (nSPS) is 11.6. The van der Waals surface area contributed by atoms with Crippen molar-refractivity contribution in [1.29, 1.82) is 0 Å². The van der Waals surface area contributed by atoms with Crippen molar-refractivity contribution in [2.75, 3.05) is 21.3 Å². The van der Waals surface area contributed by atoms with E-state index < -0.39 is 4.92 Å². The molecule has 0 unspecified atom stereocenters. The first-order valence-corrected chi connectivity index (χ1v) is 5.91. The SMILES string of the molecule is COc1cc([N+](=O)[O-])c(OC)c(C[C@@H](C)C=O)c1OC. The average Bonchev–Trinajstić information content (AvgIpc) is 2.45. The van der Waals surface area contributed by atoms with Gasteiger partial charge in [-0.2, -0.15) is 0 Å².